The van der Waals surface area contributed by atoms with Crippen molar-refractivity contribution < 1.29 is 4.74 Å². The van der Waals surface area contributed by atoms with E-state index in [1.54, 1.807) is 7.11 Å². The topological polar surface area (TPSA) is 47.3 Å². The van der Waals surface area contributed by atoms with Crippen LogP contribution < -0.4 is 11.1 Å². The van der Waals surface area contributed by atoms with Crippen molar-refractivity contribution in [3.8, 4) is 0 Å². The van der Waals surface area contributed by atoms with Crippen molar-refractivity contribution >= 4 is 21.6 Å². The Hall–Kier alpha value is -1.36. The van der Waals surface area contributed by atoms with Crippen molar-refractivity contribution in [2.24, 2.45) is 5.73 Å². The fraction of sp³-hybridized carbons (Fsp3) is 0.250. The summed E-state index contributed by atoms with van der Waals surface area (Å²) in [7, 11) is 1.70. The molecule has 0 aliphatic heterocycles. The molecular formula is C16H19BrN2O. The molecule has 2 rings (SSSR count). The van der Waals surface area contributed by atoms with E-state index in [1.165, 1.54) is 5.56 Å². The van der Waals surface area contributed by atoms with Crippen molar-refractivity contribution in [2.45, 2.75) is 12.6 Å². The van der Waals surface area contributed by atoms with Crippen molar-refractivity contribution in [1.29, 1.82) is 0 Å². The molecule has 1 atom stereocenters. The summed E-state index contributed by atoms with van der Waals surface area (Å²) >= 11 is 3.47. The Bertz CT molecular complexity index is 560. The van der Waals surface area contributed by atoms with E-state index in [-0.39, 0.29) is 6.04 Å². The molecule has 0 bridgehead atoms. The maximum Gasteiger partial charge on any atom is 0.0713 e. The van der Waals surface area contributed by atoms with Gasteiger partial charge >= 0.3 is 0 Å². The Morgan fingerprint density at radius 3 is 2.70 bits per heavy atom. The van der Waals surface area contributed by atoms with Crippen LogP contribution in [-0.2, 0) is 11.3 Å². The normalized spacial score (nSPS) is 12.2. The summed E-state index contributed by atoms with van der Waals surface area (Å²) in [6, 6.07) is 16.5. The van der Waals surface area contributed by atoms with E-state index in [1.807, 2.05) is 30.3 Å². The Balaban J connectivity index is 2.17. The summed E-state index contributed by atoms with van der Waals surface area (Å²) in [5, 5.41) is 3.46. The molecule has 3 nitrogen and oxygen atoms in total. The third kappa shape index (κ3) is 4.07. The van der Waals surface area contributed by atoms with Crippen molar-refractivity contribution in [3.63, 3.8) is 0 Å². The van der Waals surface area contributed by atoms with E-state index in [4.69, 9.17) is 10.5 Å². The van der Waals surface area contributed by atoms with Crippen molar-refractivity contribution in [2.75, 3.05) is 19.0 Å². The third-order valence-corrected chi connectivity index (χ3v) is 3.56. The largest absolute Gasteiger partial charge is 0.380 e. The quantitative estimate of drug-likeness (QED) is 0.846. The summed E-state index contributed by atoms with van der Waals surface area (Å²) in [6.45, 7) is 1.14. The minimum absolute atomic E-state index is 0.0844. The number of nitrogens with one attached hydrogen (secondary N) is 1. The second-order valence-electron chi connectivity index (χ2n) is 4.62. The summed E-state index contributed by atoms with van der Waals surface area (Å²) < 4.78 is 6.22. The van der Waals surface area contributed by atoms with E-state index in [0.29, 0.717) is 13.2 Å². The molecule has 0 amide bonds. The van der Waals surface area contributed by atoms with Crippen LogP contribution in [0.3, 0.4) is 0 Å². The molecule has 1 unspecified atom stereocenters. The minimum Gasteiger partial charge on any atom is -0.380 e. The molecule has 3 N–H and O–H groups in total. The van der Waals surface area contributed by atoms with Gasteiger partial charge in [0.2, 0.25) is 0 Å². The van der Waals surface area contributed by atoms with E-state index in [9.17, 15) is 0 Å². The van der Waals surface area contributed by atoms with Gasteiger partial charge in [0.1, 0.15) is 0 Å². The van der Waals surface area contributed by atoms with Crippen LogP contribution >= 0.6 is 15.9 Å². The monoisotopic (exact) mass is 334 g/mol. The molecule has 0 fully saturated rings. The predicted octanol–water partition coefficient (Wildman–Crippen LogP) is 3.71. The smallest absolute Gasteiger partial charge is 0.0713 e. The van der Waals surface area contributed by atoms with Gasteiger partial charge in [-0.15, -0.1) is 0 Å². The number of ether oxygens (including phenoxy) is 1. The van der Waals surface area contributed by atoms with Crippen LogP contribution in [-0.4, -0.2) is 13.7 Å². The van der Waals surface area contributed by atoms with Gasteiger partial charge in [-0.25, -0.2) is 0 Å². The molecule has 106 valence electrons. The summed E-state index contributed by atoms with van der Waals surface area (Å²) in [4.78, 5) is 0. The van der Waals surface area contributed by atoms with Gasteiger partial charge in [-0.1, -0.05) is 46.3 Å². The summed E-state index contributed by atoms with van der Waals surface area (Å²) in [6.07, 6.45) is 0. The fourth-order valence-electron chi connectivity index (χ4n) is 2.12. The number of anilines is 1. The lowest BCUT2D eigenvalue weighted by molar-refractivity contribution is 0.185. The van der Waals surface area contributed by atoms with Gasteiger partial charge < -0.3 is 15.8 Å². The molecule has 4 heteroatoms. The van der Waals surface area contributed by atoms with Crippen LogP contribution in [0.15, 0.2) is 53.0 Å². The molecule has 0 saturated carbocycles. The van der Waals surface area contributed by atoms with E-state index in [2.05, 4.69) is 39.4 Å². The van der Waals surface area contributed by atoms with E-state index >= 15 is 0 Å². The minimum atomic E-state index is 0.0844. The Morgan fingerprint density at radius 2 is 2.00 bits per heavy atom. The van der Waals surface area contributed by atoms with Crippen LogP contribution in [0.4, 0.5) is 5.69 Å². The van der Waals surface area contributed by atoms with Crippen molar-refractivity contribution in [3.05, 3.63) is 64.1 Å². The van der Waals surface area contributed by atoms with Crippen LogP contribution in [0.1, 0.15) is 17.2 Å². The van der Waals surface area contributed by atoms with Crippen LogP contribution in [0.2, 0.25) is 0 Å². The zero-order chi connectivity index (χ0) is 14.4. The average molecular weight is 335 g/mol. The highest BCUT2D eigenvalue weighted by molar-refractivity contribution is 9.10. The first kappa shape index (κ1) is 15.0. The molecular weight excluding hydrogens is 316 g/mol. The fourth-order valence-corrected chi connectivity index (χ4v) is 2.52. The SMILES string of the molecule is COCc1cccc(C(CN)Nc2cccc(Br)c2)c1. The van der Waals surface area contributed by atoms with E-state index in [0.717, 1.165) is 15.7 Å². The van der Waals surface area contributed by atoms with Crippen LogP contribution in [0.5, 0.6) is 0 Å². The molecule has 0 saturated heterocycles. The van der Waals surface area contributed by atoms with Crippen LogP contribution in [0, 0.1) is 0 Å². The second-order valence-corrected chi connectivity index (χ2v) is 5.54. The lowest BCUT2D eigenvalue weighted by Crippen LogP contribution is -2.20. The number of halogens is 1. The average Bonchev–Trinajstić information content (AvgIpc) is 2.45. The lowest BCUT2D eigenvalue weighted by atomic mass is 10.0. The second kappa shape index (κ2) is 7.43. The highest BCUT2D eigenvalue weighted by Gasteiger charge is 2.10. The van der Waals surface area contributed by atoms with Gasteiger partial charge in [-0.05, 0) is 29.3 Å². The molecule has 0 heterocycles. The maximum absolute atomic E-state index is 5.91. The number of rotatable bonds is 6. The molecule has 0 spiro atoms. The lowest BCUT2D eigenvalue weighted by Gasteiger charge is -2.19. The molecule has 0 radical (unpaired) electrons. The van der Waals surface area contributed by atoms with E-state index < -0.39 is 0 Å². The third-order valence-electron chi connectivity index (χ3n) is 3.07. The van der Waals surface area contributed by atoms with Crippen molar-refractivity contribution in [1.82, 2.24) is 0 Å². The Kier molecular flexibility index (Phi) is 5.59. The van der Waals surface area contributed by atoms with Gasteiger partial charge in [0.25, 0.3) is 0 Å². The first-order chi connectivity index (χ1) is 9.72. The van der Waals surface area contributed by atoms with Gasteiger partial charge in [-0.2, -0.15) is 0 Å². The number of hydrogen-bond acceptors (Lipinski definition) is 3. The molecule has 0 aromatic heterocycles. The zero-order valence-electron chi connectivity index (χ0n) is 11.5. The van der Waals surface area contributed by atoms with Gasteiger partial charge in [0, 0.05) is 23.8 Å². The Labute approximate surface area is 128 Å². The maximum atomic E-state index is 5.91. The number of methoxy groups -OCH3 is 1. The summed E-state index contributed by atoms with van der Waals surface area (Å²) in [5.74, 6) is 0. The van der Waals surface area contributed by atoms with Gasteiger partial charge in [-0.3, -0.25) is 0 Å². The Morgan fingerprint density at radius 1 is 1.20 bits per heavy atom. The number of nitrogens with two attached hydrogens (primary N) is 1. The molecule has 2 aromatic carbocycles. The molecule has 20 heavy (non-hydrogen) atoms. The highest BCUT2D eigenvalue weighted by Crippen LogP contribution is 2.22. The number of hydrogen-bond donors (Lipinski definition) is 2. The van der Waals surface area contributed by atoms with Gasteiger partial charge in [0.15, 0.2) is 0 Å². The highest BCUT2D eigenvalue weighted by atomic mass is 79.9. The first-order valence-corrected chi connectivity index (χ1v) is 7.32. The standard InChI is InChI=1S/C16H19BrN2O/c1-20-11-12-4-2-5-13(8-12)16(10-18)19-15-7-3-6-14(17)9-15/h2-9,16,19H,10-11,18H2,1H3. The van der Waals surface area contributed by atoms with Crippen LogP contribution in [0.25, 0.3) is 0 Å². The van der Waals surface area contributed by atoms with Gasteiger partial charge in [0.05, 0.1) is 12.6 Å². The zero-order valence-corrected chi connectivity index (χ0v) is 13.1. The predicted molar refractivity (Wildman–Crippen MR) is 86.7 cm³/mol. The molecule has 2 aromatic rings. The first-order valence-electron chi connectivity index (χ1n) is 6.53. The molecule has 0 aliphatic carbocycles. The summed E-state index contributed by atoms with van der Waals surface area (Å²) in [5.41, 5.74) is 9.28. The molecule has 0 aliphatic rings. The number of benzene rings is 2.